The fourth-order valence-electron chi connectivity index (χ4n) is 1.97. The van der Waals surface area contributed by atoms with Crippen LogP contribution in [-0.2, 0) is 17.9 Å². The summed E-state index contributed by atoms with van der Waals surface area (Å²) in [7, 11) is 0. The van der Waals surface area contributed by atoms with Gasteiger partial charge in [0.1, 0.15) is 11.6 Å². The highest BCUT2D eigenvalue weighted by atomic mass is 32.1. The van der Waals surface area contributed by atoms with E-state index in [0.29, 0.717) is 17.9 Å². The lowest BCUT2D eigenvalue weighted by molar-refractivity contribution is 0.0188. The number of ether oxygens (including phenoxy) is 1. The number of hydrogen-bond acceptors (Lipinski definition) is 6. The van der Waals surface area contributed by atoms with Gasteiger partial charge < -0.3 is 9.84 Å². The zero-order valence-electron chi connectivity index (χ0n) is 12.4. The Kier molecular flexibility index (Phi) is 5.44. The number of thiophene rings is 1. The molecule has 22 heavy (non-hydrogen) atoms. The van der Waals surface area contributed by atoms with Crippen LogP contribution < -0.4 is 5.56 Å². The number of rotatable bonds is 6. The fourth-order valence-corrected chi connectivity index (χ4v) is 2.61. The van der Waals surface area contributed by atoms with Crippen LogP contribution in [0.4, 0.5) is 0 Å². The highest BCUT2D eigenvalue weighted by Gasteiger charge is 2.14. The number of aliphatic hydroxyl groups is 1. The van der Waals surface area contributed by atoms with E-state index in [1.54, 1.807) is 25.2 Å². The Labute approximate surface area is 132 Å². The highest BCUT2D eigenvalue weighted by Crippen LogP contribution is 2.10. The van der Waals surface area contributed by atoms with E-state index in [1.165, 1.54) is 0 Å². The van der Waals surface area contributed by atoms with Crippen molar-refractivity contribution < 1.29 is 9.84 Å². The molecule has 2 aromatic rings. The lowest BCUT2D eigenvalue weighted by Gasteiger charge is -2.13. The first-order valence-corrected chi connectivity index (χ1v) is 7.67. The fraction of sp³-hybridized carbons (Fsp3) is 0.400. The van der Waals surface area contributed by atoms with Crippen LogP contribution in [0.1, 0.15) is 21.7 Å². The topological polar surface area (TPSA) is 88.1 Å². The molecule has 1 atom stereocenters. The van der Waals surface area contributed by atoms with Crippen LogP contribution in [0.15, 0.2) is 22.3 Å². The number of nitrogens with zero attached hydrogens (tertiary/aromatic N) is 3. The molecule has 0 aliphatic rings. The lowest BCUT2D eigenvalue weighted by atomic mass is 10.1. The highest BCUT2D eigenvalue weighted by molar-refractivity contribution is 7.09. The molecule has 0 saturated carbocycles. The molecule has 0 saturated heterocycles. The first-order chi connectivity index (χ1) is 10.5. The van der Waals surface area contributed by atoms with Gasteiger partial charge >= 0.3 is 0 Å². The van der Waals surface area contributed by atoms with Gasteiger partial charge in [0.15, 0.2) is 0 Å². The third-order valence-electron chi connectivity index (χ3n) is 3.27. The van der Waals surface area contributed by atoms with Gasteiger partial charge in [0.2, 0.25) is 0 Å². The van der Waals surface area contributed by atoms with Crippen molar-refractivity contribution in [2.45, 2.75) is 33.1 Å². The van der Waals surface area contributed by atoms with Crippen molar-refractivity contribution in [2.75, 3.05) is 6.61 Å². The van der Waals surface area contributed by atoms with Crippen LogP contribution in [0.5, 0.6) is 0 Å². The smallest absolute Gasteiger partial charge is 0.285 e. The van der Waals surface area contributed by atoms with Crippen LogP contribution >= 0.6 is 11.3 Å². The van der Waals surface area contributed by atoms with E-state index in [9.17, 15) is 9.90 Å². The minimum absolute atomic E-state index is 0.000919. The standard InChI is InChI=1S/C15H17N3O3S/c1-10-11(2)17-18(15(20)14(10)6-16)7-12(19)8-21-9-13-4-3-5-22-13/h3-5,12,19H,7-9H2,1-2H3/t12-/m0/s1. The number of aromatic nitrogens is 2. The number of hydrogen-bond donors (Lipinski definition) is 1. The van der Waals surface area contributed by atoms with Gasteiger partial charge in [-0.05, 0) is 30.9 Å². The summed E-state index contributed by atoms with van der Waals surface area (Å²) in [5.74, 6) is 0. The Bertz CT molecular complexity index is 732. The SMILES string of the molecule is Cc1nn(C[C@H](O)COCc2cccs2)c(=O)c(C#N)c1C. The average molecular weight is 319 g/mol. The number of aliphatic hydroxyl groups excluding tert-OH is 1. The lowest BCUT2D eigenvalue weighted by Crippen LogP contribution is -2.33. The molecule has 0 radical (unpaired) electrons. The van der Waals surface area contributed by atoms with E-state index in [1.807, 2.05) is 23.6 Å². The van der Waals surface area contributed by atoms with E-state index in [2.05, 4.69) is 5.10 Å². The summed E-state index contributed by atoms with van der Waals surface area (Å²) in [6, 6.07) is 5.78. The van der Waals surface area contributed by atoms with Crippen molar-refractivity contribution in [3.05, 3.63) is 49.6 Å². The van der Waals surface area contributed by atoms with Gasteiger partial charge in [0, 0.05) is 4.88 Å². The predicted molar refractivity (Wildman–Crippen MR) is 82.7 cm³/mol. The molecular formula is C15H17N3O3S. The van der Waals surface area contributed by atoms with E-state index in [-0.39, 0.29) is 18.7 Å². The second-order valence-electron chi connectivity index (χ2n) is 4.93. The predicted octanol–water partition coefficient (Wildman–Crippen LogP) is 1.37. The summed E-state index contributed by atoms with van der Waals surface area (Å²) in [4.78, 5) is 13.2. The summed E-state index contributed by atoms with van der Waals surface area (Å²) in [5, 5.41) is 25.1. The minimum Gasteiger partial charge on any atom is -0.389 e. The van der Waals surface area contributed by atoms with Crippen molar-refractivity contribution in [3.63, 3.8) is 0 Å². The summed E-state index contributed by atoms with van der Waals surface area (Å²) >= 11 is 1.58. The molecule has 1 N–H and O–H groups in total. The summed E-state index contributed by atoms with van der Waals surface area (Å²) in [5.41, 5.74) is 0.761. The van der Waals surface area contributed by atoms with E-state index in [0.717, 1.165) is 9.56 Å². The van der Waals surface area contributed by atoms with Gasteiger partial charge in [0.05, 0.1) is 31.6 Å². The van der Waals surface area contributed by atoms with Crippen molar-refractivity contribution in [2.24, 2.45) is 0 Å². The van der Waals surface area contributed by atoms with Gasteiger partial charge in [-0.3, -0.25) is 4.79 Å². The van der Waals surface area contributed by atoms with Gasteiger partial charge in [-0.25, -0.2) is 4.68 Å². The Morgan fingerprint density at radius 2 is 2.32 bits per heavy atom. The largest absolute Gasteiger partial charge is 0.389 e. The van der Waals surface area contributed by atoms with E-state index < -0.39 is 11.7 Å². The zero-order valence-corrected chi connectivity index (χ0v) is 13.3. The molecule has 0 spiro atoms. The molecule has 0 amide bonds. The van der Waals surface area contributed by atoms with Crippen LogP contribution in [0.2, 0.25) is 0 Å². The summed E-state index contributed by atoms with van der Waals surface area (Å²) < 4.78 is 6.54. The monoisotopic (exact) mass is 319 g/mol. The molecular weight excluding hydrogens is 302 g/mol. The Morgan fingerprint density at radius 1 is 1.55 bits per heavy atom. The first kappa shape index (κ1) is 16.4. The number of nitriles is 1. The second kappa shape index (κ2) is 7.31. The maximum absolute atomic E-state index is 12.1. The average Bonchev–Trinajstić information content (AvgIpc) is 2.99. The molecule has 2 rings (SSSR count). The Balaban J connectivity index is 2.00. The molecule has 0 fully saturated rings. The quantitative estimate of drug-likeness (QED) is 0.869. The summed E-state index contributed by atoms with van der Waals surface area (Å²) in [6.07, 6.45) is -0.862. The Morgan fingerprint density at radius 3 is 2.95 bits per heavy atom. The molecule has 0 aromatic carbocycles. The molecule has 7 heteroatoms. The van der Waals surface area contributed by atoms with Crippen molar-refractivity contribution >= 4 is 11.3 Å². The van der Waals surface area contributed by atoms with Crippen LogP contribution in [-0.4, -0.2) is 27.6 Å². The molecule has 0 unspecified atom stereocenters. The molecule has 0 aliphatic carbocycles. The van der Waals surface area contributed by atoms with Crippen molar-refractivity contribution in [3.8, 4) is 6.07 Å². The van der Waals surface area contributed by atoms with Gasteiger partial charge in [-0.1, -0.05) is 6.07 Å². The van der Waals surface area contributed by atoms with Crippen LogP contribution in [0.25, 0.3) is 0 Å². The van der Waals surface area contributed by atoms with Crippen molar-refractivity contribution in [1.29, 1.82) is 5.26 Å². The maximum atomic E-state index is 12.1. The van der Waals surface area contributed by atoms with Crippen LogP contribution in [0, 0.1) is 25.2 Å². The van der Waals surface area contributed by atoms with Gasteiger partial charge in [0.25, 0.3) is 5.56 Å². The minimum atomic E-state index is -0.862. The van der Waals surface area contributed by atoms with Crippen LogP contribution in [0.3, 0.4) is 0 Å². The molecule has 116 valence electrons. The number of aryl methyl sites for hydroxylation is 1. The third kappa shape index (κ3) is 3.80. The molecule has 2 heterocycles. The zero-order chi connectivity index (χ0) is 16.1. The van der Waals surface area contributed by atoms with Crippen molar-refractivity contribution in [1.82, 2.24) is 9.78 Å². The molecule has 0 aliphatic heterocycles. The van der Waals surface area contributed by atoms with Gasteiger partial charge in [-0.15, -0.1) is 11.3 Å². The third-order valence-corrected chi connectivity index (χ3v) is 4.12. The summed E-state index contributed by atoms with van der Waals surface area (Å²) in [6.45, 7) is 3.94. The van der Waals surface area contributed by atoms with E-state index >= 15 is 0 Å². The normalized spacial score (nSPS) is 12.1. The molecule has 0 bridgehead atoms. The Hall–Kier alpha value is -2.01. The maximum Gasteiger partial charge on any atom is 0.285 e. The first-order valence-electron chi connectivity index (χ1n) is 6.79. The molecule has 6 nitrogen and oxygen atoms in total. The van der Waals surface area contributed by atoms with E-state index in [4.69, 9.17) is 10.00 Å². The molecule has 2 aromatic heterocycles. The second-order valence-corrected chi connectivity index (χ2v) is 5.97. The van der Waals surface area contributed by atoms with Gasteiger partial charge in [-0.2, -0.15) is 10.4 Å².